The molecule has 1 aliphatic heterocycles. The zero-order valence-electron chi connectivity index (χ0n) is 20.1. The van der Waals surface area contributed by atoms with Crippen LogP contribution in [0, 0.1) is 19.8 Å². The molecule has 2 amide bonds. The fourth-order valence-electron chi connectivity index (χ4n) is 4.51. The van der Waals surface area contributed by atoms with E-state index >= 15 is 0 Å². The van der Waals surface area contributed by atoms with Gasteiger partial charge in [0, 0.05) is 30.9 Å². The van der Waals surface area contributed by atoms with Gasteiger partial charge in [-0.05, 0) is 38.3 Å². The third-order valence-corrected chi connectivity index (χ3v) is 7.51. The Morgan fingerprint density at radius 2 is 2.06 bits per heavy atom. The van der Waals surface area contributed by atoms with Crippen LogP contribution < -0.4 is 10.6 Å². The van der Waals surface area contributed by atoms with E-state index in [0.717, 1.165) is 24.9 Å². The SMILES string of the molecule is Cc1ccc(O)c(C)c1NC(=O)c1cnc(Nc2ccn([C@@H]3CCN(C(=O)C4C=CC=CC4)C3)n2)s1. The fraction of sp³-hybridized carbons (Fsp3) is 0.308. The minimum absolute atomic E-state index is 0.0692. The summed E-state index contributed by atoms with van der Waals surface area (Å²) < 4.78 is 1.89. The molecule has 0 bridgehead atoms. The number of carbonyl (C=O) groups excluding carboxylic acids is 2. The highest BCUT2D eigenvalue weighted by molar-refractivity contribution is 7.17. The van der Waals surface area contributed by atoms with E-state index in [-0.39, 0.29) is 29.5 Å². The van der Waals surface area contributed by atoms with Crippen LogP contribution in [-0.2, 0) is 4.79 Å². The predicted molar refractivity (Wildman–Crippen MR) is 140 cm³/mol. The molecule has 0 spiro atoms. The lowest BCUT2D eigenvalue weighted by molar-refractivity contribution is -0.133. The molecule has 0 radical (unpaired) electrons. The predicted octanol–water partition coefficient (Wildman–Crippen LogP) is 4.56. The van der Waals surface area contributed by atoms with E-state index in [4.69, 9.17) is 0 Å². The molecule has 3 N–H and O–H groups in total. The van der Waals surface area contributed by atoms with Crippen molar-refractivity contribution in [2.45, 2.75) is 32.7 Å². The van der Waals surface area contributed by atoms with Crippen molar-refractivity contribution in [3.8, 4) is 5.75 Å². The maximum Gasteiger partial charge on any atom is 0.267 e. The number of aromatic nitrogens is 3. The molecule has 10 heteroatoms. The van der Waals surface area contributed by atoms with Crippen LogP contribution in [0.15, 0.2) is 54.9 Å². The van der Waals surface area contributed by atoms with Crippen LogP contribution >= 0.6 is 11.3 Å². The number of aromatic hydroxyl groups is 1. The molecule has 1 aromatic carbocycles. The molecule has 2 aliphatic rings. The first-order chi connectivity index (χ1) is 17.4. The molecule has 1 saturated heterocycles. The van der Waals surface area contributed by atoms with Crippen molar-refractivity contribution in [2.24, 2.45) is 5.92 Å². The maximum absolute atomic E-state index is 12.8. The molecule has 2 atom stereocenters. The Morgan fingerprint density at radius 1 is 1.19 bits per heavy atom. The highest BCUT2D eigenvalue weighted by Crippen LogP contribution is 2.30. The maximum atomic E-state index is 12.8. The second-order valence-electron chi connectivity index (χ2n) is 9.07. The number of hydrogen-bond donors (Lipinski definition) is 3. The number of aryl methyl sites for hydroxylation is 1. The van der Waals surface area contributed by atoms with E-state index in [1.807, 2.05) is 53.1 Å². The van der Waals surface area contributed by atoms with Crippen molar-refractivity contribution in [3.05, 3.63) is 70.9 Å². The van der Waals surface area contributed by atoms with Gasteiger partial charge in [0.2, 0.25) is 5.91 Å². The van der Waals surface area contributed by atoms with E-state index < -0.39 is 0 Å². The first-order valence-corrected chi connectivity index (χ1v) is 12.7. The second kappa shape index (κ2) is 9.98. The molecule has 186 valence electrons. The largest absolute Gasteiger partial charge is 0.508 e. The Morgan fingerprint density at radius 3 is 2.86 bits per heavy atom. The number of carbonyl (C=O) groups is 2. The van der Waals surface area contributed by atoms with Gasteiger partial charge in [0.25, 0.3) is 5.91 Å². The number of phenolic OH excluding ortho intramolecular Hbond substituents is 1. The number of benzene rings is 1. The summed E-state index contributed by atoms with van der Waals surface area (Å²) in [5, 5.41) is 21.2. The normalized spacial score (nSPS) is 19.0. The molecule has 3 aromatic rings. The van der Waals surface area contributed by atoms with Crippen LogP contribution in [0.25, 0.3) is 0 Å². The van der Waals surface area contributed by atoms with E-state index in [1.54, 1.807) is 19.1 Å². The summed E-state index contributed by atoms with van der Waals surface area (Å²) in [5.74, 6) is 0.576. The monoisotopic (exact) mass is 504 g/mol. The van der Waals surface area contributed by atoms with Crippen LogP contribution in [0.1, 0.15) is 39.7 Å². The Kier molecular flexibility index (Phi) is 6.60. The van der Waals surface area contributed by atoms with Crippen molar-refractivity contribution >= 4 is 39.8 Å². The van der Waals surface area contributed by atoms with Crippen LogP contribution in [0.5, 0.6) is 5.75 Å². The average Bonchev–Trinajstić information content (AvgIpc) is 3.65. The van der Waals surface area contributed by atoms with Crippen molar-refractivity contribution in [1.29, 1.82) is 0 Å². The van der Waals surface area contributed by atoms with Gasteiger partial charge in [-0.1, -0.05) is 41.7 Å². The molecule has 1 unspecified atom stereocenters. The van der Waals surface area contributed by atoms with Crippen molar-refractivity contribution in [1.82, 2.24) is 19.7 Å². The smallest absolute Gasteiger partial charge is 0.267 e. The number of thiazole rings is 1. The highest BCUT2D eigenvalue weighted by atomic mass is 32.1. The number of amides is 2. The number of anilines is 3. The fourth-order valence-corrected chi connectivity index (χ4v) is 5.23. The Hall–Kier alpha value is -3.92. The van der Waals surface area contributed by atoms with Gasteiger partial charge in [0.1, 0.15) is 10.6 Å². The second-order valence-corrected chi connectivity index (χ2v) is 10.1. The summed E-state index contributed by atoms with van der Waals surface area (Å²) in [4.78, 5) is 32.2. The lowest BCUT2D eigenvalue weighted by Crippen LogP contribution is -2.34. The lowest BCUT2D eigenvalue weighted by atomic mass is 9.99. The molecule has 1 aliphatic carbocycles. The number of hydrogen-bond acceptors (Lipinski definition) is 7. The van der Waals surface area contributed by atoms with Gasteiger partial charge in [-0.3, -0.25) is 14.3 Å². The molecule has 9 nitrogen and oxygen atoms in total. The summed E-state index contributed by atoms with van der Waals surface area (Å²) in [6, 6.07) is 5.36. The minimum Gasteiger partial charge on any atom is -0.508 e. The summed E-state index contributed by atoms with van der Waals surface area (Å²) >= 11 is 1.22. The summed E-state index contributed by atoms with van der Waals surface area (Å²) in [6.45, 7) is 5.01. The third kappa shape index (κ3) is 4.90. The van der Waals surface area contributed by atoms with Gasteiger partial charge in [-0.15, -0.1) is 0 Å². The number of likely N-dealkylation sites (tertiary alicyclic amines) is 1. The lowest BCUT2D eigenvalue weighted by Gasteiger charge is -2.21. The van der Waals surface area contributed by atoms with E-state index in [9.17, 15) is 14.7 Å². The number of allylic oxidation sites excluding steroid dienone is 3. The third-order valence-electron chi connectivity index (χ3n) is 6.60. The van der Waals surface area contributed by atoms with E-state index in [2.05, 4.69) is 20.7 Å². The van der Waals surface area contributed by atoms with Crippen LogP contribution in [0.3, 0.4) is 0 Å². The zero-order valence-corrected chi connectivity index (χ0v) is 21.0. The molecular formula is C26H28N6O3S. The van der Waals surface area contributed by atoms with E-state index in [0.29, 0.717) is 33.6 Å². The van der Waals surface area contributed by atoms with Gasteiger partial charge in [-0.2, -0.15) is 5.10 Å². The van der Waals surface area contributed by atoms with Crippen LogP contribution in [0.2, 0.25) is 0 Å². The minimum atomic E-state index is -0.290. The first kappa shape index (κ1) is 23.8. The van der Waals surface area contributed by atoms with Crippen molar-refractivity contribution in [2.75, 3.05) is 23.7 Å². The van der Waals surface area contributed by atoms with Gasteiger partial charge >= 0.3 is 0 Å². The standard InChI is InChI=1S/C26H28N6O3S/c1-16-8-9-20(33)17(2)23(16)29-24(34)21-14-27-26(36-21)28-22-11-13-32(30-22)19-10-12-31(15-19)25(35)18-6-4-3-5-7-18/h3-6,8-9,11,13-14,18-19,33H,7,10,12,15H2,1-2H3,(H,29,34)(H,27,28,30)/t18?,19-/m1/s1. The topological polar surface area (TPSA) is 112 Å². The number of nitrogens with zero attached hydrogens (tertiary/aromatic N) is 4. The Balaban J connectivity index is 1.19. The van der Waals surface area contributed by atoms with Crippen LogP contribution in [0.4, 0.5) is 16.6 Å². The van der Waals surface area contributed by atoms with Gasteiger partial charge < -0.3 is 20.6 Å². The van der Waals surface area contributed by atoms with E-state index in [1.165, 1.54) is 17.5 Å². The summed E-state index contributed by atoms with van der Waals surface area (Å²) in [7, 11) is 0. The highest BCUT2D eigenvalue weighted by Gasteiger charge is 2.31. The number of rotatable bonds is 6. The quantitative estimate of drug-likeness (QED) is 0.454. The number of nitrogens with one attached hydrogen (secondary N) is 2. The molecule has 3 heterocycles. The molecule has 2 aromatic heterocycles. The van der Waals surface area contributed by atoms with Crippen molar-refractivity contribution < 1.29 is 14.7 Å². The molecule has 5 rings (SSSR count). The van der Waals surface area contributed by atoms with Gasteiger partial charge in [0.15, 0.2) is 10.9 Å². The first-order valence-electron chi connectivity index (χ1n) is 11.9. The molecule has 1 fully saturated rings. The summed E-state index contributed by atoms with van der Waals surface area (Å²) in [6.07, 6.45) is 12.9. The molecule has 36 heavy (non-hydrogen) atoms. The van der Waals surface area contributed by atoms with Crippen LogP contribution in [-0.4, -0.2) is 49.7 Å². The van der Waals surface area contributed by atoms with Gasteiger partial charge in [-0.25, -0.2) is 4.98 Å². The zero-order chi connectivity index (χ0) is 25.2. The molecule has 0 saturated carbocycles. The summed E-state index contributed by atoms with van der Waals surface area (Å²) in [5.41, 5.74) is 2.09. The molecular weight excluding hydrogens is 476 g/mol. The number of phenols is 1. The van der Waals surface area contributed by atoms with Gasteiger partial charge in [0.05, 0.1) is 23.8 Å². The average molecular weight is 505 g/mol. The van der Waals surface area contributed by atoms with Crippen molar-refractivity contribution in [3.63, 3.8) is 0 Å². The Bertz CT molecular complexity index is 1360. The Labute approximate surface area is 213 Å².